The van der Waals surface area contributed by atoms with E-state index >= 15 is 0 Å². The SMILES string of the molecule is CN(C)CCc1cn2c(Cl)cccc2n1. The van der Waals surface area contributed by atoms with Crippen molar-refractivity contribution >= 4 is 17.2 Å². The minimum atomic E-state index is 0.705. The third-order valence-corrected chi connectivity index (χ3v) is 2.62. The van der Waals surface area contributed by atoms with Crippen molar-refractivity contribution in [1.82, 2.24) is 14.3 Å². The topological polar surface area (TPSA) is 20.5 Å². The van der Waals surface area contributed by atoms with Crippen LogP contribution in [-0.4, -0.2) is 34.9 Å². The van der Waals surface area contributed by atoms with Gasteiger partial charge >= 0.3 is 0 Å². The first kappa shape index (κ1) is 10.5. The van der Waals surface area contributed by atoms with Crippen LogP contribution in [0.1, 0.15) is 5.69 Å². The summed E-state index contributed by atoms with van der Waals surface area (Å²) < 4.78 is 1.91. The molecule has 0 fully saturated rings. The molecule has 2 aromatic rings. The van der Waals surface area contributed by atoms with E-state index < -0.39 is 0 Å². The van der Waals surface area contributed by atoms with Crippen molar-refractivity contribution in [2.45, 2.75) is 6.42 Å². The average molecular weight is 224 g/mol. The lowest BCUT2D eigenvalue weighted by Gasteiger charge is -2.06. The monoisotopic (exact) mass is 223 g/mol. The molecule has 4 heteroatoms. The predicted molar refractivity (Wildman–Crippen MR) is 62.5 cm³/mol. The lowest BCUT2D eigenvalue weighted by Crippen LogP contribution is -2.15. The van der Waals surface area contributed by atoms with E-state index in [1.807, 2.05) is 28.8 Å². The molecule has 0 bridgehead atoms. The number of likely N-dealkylation sites (N-methyl/N-ethyl adjacent to an activating group) is 1. The maximum absolute atomic E-state index is 6.05. The zero-order valence-electron chi connectivity index (χ0n) is 8.94. The number of nitrogens with zero attached hydrogens (tertiary/aromatic N) is 3. The van der Waals surface area contributed by atoms with E-state index in [4.69, 9.17) is 11.6 Å². The van der Waals surface area contributed by atoms with Gasteiger partial charge in [-0.1, -0.05) is 17.7 Å². The Morgan fingerprint density at radius 2 is 2.20 bits per heavy atom. The zero-order valence-corrected chi connectivity index (χ0v) is 9.70. The standard InChI is InChI=1S/C11H14ClN3/c1-14(2)7-6-9-8-15-10(12)4-3-5-11(15)13-9/h3-5,8H,6-7H2,1-2H3. The van der Waals surface area contributed by atoms with Crippen LogP contribution >= 0.6 is 11.6 Å². The van der Waals surface area contributed by atoms with Crippen molar-refractivity contribution in [1.29, 1.82) is 0 Å². The van der Waals surface area contributed by atoms with Gasteiger partial charge in [0.05, 0.1) is 5.69 Å². The van der Waals surface area contributed by atoms with Gasteiger partial charge < -0.3 is 4.90 Å². The van der Waals surface area contributed by atoms with E-state index in [9.17, 15) is 0 Å². The highest BCUT2D eigenvalue weighted by molar-refractivity contribution is 6.29. The molecule has 0 N–H and O–H groups in total. The lowest BCUT2D eigenvalue weighted by atomic mass is 10.3. The maximum Gasteiger partial charge on any atom is 0.138 e. The summed E-state index contributed by atoms with van der Waals surface area (Å²) in [6.07, 6.45) is 2.95. The summed E-state index contributed by atoms with van der Waals surface area (Å²) in [5, 5.41) is 0.705. The number of imidazole rings is 1. The first-order chi connectivity index (χ1) is 7.16. The highest BCUT2D eigenvalue weighted by Crippen LogP contribution is 2.13. The molecule has 80 valence electrons. The fraction of sp³-hybridized carbons (Fsp3) is 0.364. The Balaban J connectivity index is 2.27. The Labute approximate surface area is 94.3 Å². The molecule has 15 heavy (non-hydrogen) atoms. The fourth-order valence-corrected chi connectivity index (χ4v) is 1.69. The molecule has 0 aliphatic rings. The van der Waals surface area contributed by atoms with Gasteiger partial charge in [-0.15, -0.1) is 0 Å². The molecule has 3 nitrogen and oxygen atoms in total. The van der Waals surface area contributed by atoms with Gasteiger partial charge in [-0.25, -0.2) is 4.98 Å². The molecule has 0 radical (unpaired) electrons. The Bertz CT molecular complexity index is 462. The second-order valence-corrected chi connectivity index (χ2v) is 4.25. The van der Waals surface area contributed by atoms with Crippen molar-refractivity contribution in [2.24, 2.45) is 0 Å². The van der Waals surface area contributed by atoms with Crippen LogP contribution in [0, 0.1) is 0 Å². The molecule has 0 saturated heterocycles. The minimum absolute atomic E-state index is 0.705. The highest BCUT2D eigenvalue weighted by atomic mass is 35.5. The largest absolute Gasteiger partial charge is 0.309 e. The number of pyridine rings is 1. The third kappa shape index (κ3) is 2.30. The van der Waals surface area contributed by atoms with Crippen LogP contribution in [0.15, 0.2) is 24.4 Å². The lowest BCUT2D eigenvalue weighted by molar-refractivity contribution is 0.412. The predicted octanol–water partition coefficient (Wildman–Crippen LogP) is 2.09. The first-order valence-corrected chi connectivity index (χ1v) is 5.32. The second-order valence-electron chi connectivity index (χ2n) is 3.86. The van der Waals surface area contributed by atoms with Gasteiger partial charge in [0.2, 0.25) is 0 Å². The van der Waals surface area contributed by atoms with Crippen molar-refractivity contribution in [3.63, 3.8) is 0 Å². The van der Waals surface area contributed by atoms with Crippen LogP contribution in [0.4, 0.5) is 0 Å². The molecule has 0 aliphatic heterocycles. The van der Waals surface area contributed by atoms with Gasteiger partial charge in [-0.05, 0) is 26.2 Å². The van der Waals surface area contributed by atoms with E-state index in [2.05, 4.69) is 24.0 Å². The van der Waals surface area contributed by atoms with Crippen molar-refractivity contribution in [3.8, 4) is 0 Å². The van der Waals surface area contributed by atoms with Crippen LogP contribution < -0.4 is 0 Å². The summed E-state index contributed by atoms with van der Waals surface area (Å²) in [7, 11) is 4.12. The number of hydrogen-bond donors (Lipinski definition) is 0. The van der Waals surface area contributed by atoms with Gasteiger partial charge in [0.1, 0.15) is 10.8 Å². The van der Waals surface area contributed by atoms with Gasteiger partial charge in [0.25, 0.3) is 0 Å². The Morgan fingerprint density at radius 3 is 2.87 bits per heavy atom. The number of rotatable bonds is 3. The molecule has 0 spiro atoms. The quantitative estimate of drug-likeness (QED) is 0.743. The Morgan fingerprint density at radius 1 is 1.40 bits per heavy atom. The summed E-state index contributed by atoms with van der Waals surface area (Å²) >= 11 is 6.05. The van der Waals surface area contributed by atoms with E-state index in [0.717, 1.165) is 24.3 Å². The molecule has 0 aliphatic carbocycles. The van der Waals surface area contributed by atoms with Crippen LogP contribution in [-0.2, 0) is 6.42 Å². The smallest absolute Gasteiger partial charge is 0.138 e. The van der Waals surface area contributed by atoms with Gasteiger partial charge in [0, 0.05) is 19.2 Å². The molecule has 0 amide bonds. The number of aromatic nitrogens is 2. The molecule has 2 heterocycles. The van der Waals surface area contributed by atoms with Gasteiger partial charge in [0.15, 0.2) is 0 Å². The fourth-order valence-electron chi connectivity index (χ4n) is 1.49. The van der Waals surface area contributed by atoms with Crippen molar-refractivity contribution < 1.29 is 0 Å². The molecule has 0 unspecified atom stereocenters. The van der Waals surface area contributed by atoms with E-state index in [-0.39, 0.29) is 0 Å². The maximum atomic E-state index is 6.05. The van der Waals surface area contributed by atoms with E-state index in [0.29, 0.717) is 5.15 Å². The van der Waals surface area contributed by atoms with Crippen molar-refractivity contribution in [3.05, 3.63) is 35.2 Å². The summed E-state index contributed by atoms with van der Waals surface area (Å²) in [5.41, 5.74) is 1.99. The summed E-state index contributed by atoms with van der Waals surface area (Å²) in [6.45, 7) is 1.00. The number of halogens is 1. The Hall–Kier alpha value is -1.06. The zero-order chi connectivity index (χ0) is 10.8. The van der Waals surface area contributed by atoms with E-state index in [1.54, 1.807) is 0 Å². The summed E-state index contributed by atoms with van der Waals surface area (Å²) in [5.74, 6) is 0. The molecule has 0 aromatic carbocycles. The normalized spacial score (nSPS) is 11.5. The molecular weight excluding hydrogens is 210 g/mol. The highest BCUT2D eigenvalue weighted by Gasteiger charge is 2.03. The van der Waals surface area contributed by atoms with Crippen LogP contribution in [0.2, 0.25) is 5.15 Å². The summed E-state index contributed by atoms with van der Waals surface area (Å²) in [4.78, 5) is 6.64. The molecule has 0 atom stereocenters. The van der Waals surface area contributed by atoms with Crippen LogP contribution in [0.5, 0.6) is 0 Å². The second kappa shape index (κ2) is 4.21. The first-order valence-electron chi connectivity index (χ1n) is 4.94. The molecule has 2 rings (SSSR count). The van der Waals surface area contributed by atoms with Crippen molar-refractivity contribution in [2.75, 3.05) is 20.6 Å². The number of hydrogen-bond acceptors (Lipinski definition) is 2. The van der Waals surface area contributed by atoms with Crippen LogP contribution in [0.25, 0.3) is 5.65 Å². The Kier molecular flexibility index (Phi) is 2.93. The van der Waals surface area contributed by atoms with Gasteiger partial charge in [-0.3, -0.25) is 4.40 Å². The van der Waals surface area contributed by atoms with Crippen LogP contribution in [0.3, 0.4) is 0 Å². The molecular formula is C11H14ClN3. The van der Waals surface area contributed by atoms with E-state index in [1.165, 1.54) is 0 Å². The third-order valence-electron chi connectivity index (χ3n) is 2.31. The molecule has 0 saturated carbocycles. The number of fused-ring (bicyclic) bond motifs is 1. The average Bonchev–Trinajstić information content (AvgIpc) is 2.59. The minimum Gasteiger partial charge on any atom is -0.309 e. The van der Waals surface area contributed by atoms with Gasteiger partial charge in [-0.2, -0.15) is 0 Å². The summed E-state index contributed by atoms with van der Waals surface area (Å²) in [6, 6.07) is 5.75. The molecule has 2 aromatic heterocycles.